The van der Waals surface area contributed by atoms with Crippen LogP contribution in [0.3, 0.4) is 0 Å². The van der Waals surface area contributed by atoms with Crippen LogP contribution in [0.5, 0.6) is 0 Å². The number of benzene rings is 2. The van der Waals surface area contributed by atoms with Gasteiger partial charge in [0, 0.05) is 24.3 Å². The lowest BCUT2D eigenvalue weighted by molar-refractivity contribution is 0.0102. The molecule has 1 fully saturated rings. The zero-order chi connectivity index (χ0) is 19.6. The van der Waals surface area contributed by atoms with Gasteiger partial charge >= 0.3 is 0 Å². The van der Waals surface area contributed by atoms with Gasteiger partial charge in [0.25, 0.3) is 5.91 Å². The Morgan fingerprint density at radius 3 is 2.63 bits per heavy atom. The molecule has 1 atom stereocenters. The van der Waals surface area contributed by atoms with Crippen LogP contribution in [0.1, 0.15) is 28.4 Å². The fraction of sp³-hybridized carbons (Fsp3) is 0.350. The predicted molar refractivity (Wildman–Crippen MR) is 104 cm³/mol. The molecule has 0 aromatic heterocycles. The maximum atomic E-state index is 12.9. The van der Waals surface area contributed by atoms with Crippen molar-refractivity contribution < 1.29 is 17.9 Å². The Morgan fingerprint density at radius 2 is 1.93 bits per heavy atom. The molecule has 2 aromatic rings. The number of anilines is 1. The Morgan fingerprint density at radius 1 is 1.15 bits per heavy atom. The summed E-state index contributed by atoms with van der Waals surface area (Å²) in [6.07, 6.45) is -0.148. The topological polar surface area (TPSA) is 75.7 Å². The standard InChI is InChI=1S/C20H24N2O4S/c1-14-7-8-18(11-15(14)2)21-20(23)17-5-4-6-19(12-17)27(24,25)22-9-10-26-16(3)13-22/h4-8,11-12,16H,9-10,13H2,1-3H3,(H,21,23). The molecule has 1 unspecified atom stereocenters. The minimum Gasteiger partial charge on any atom is -0.376 e. The second kappa shape index (κ2) is 7.80. The predicted octanol–water partition coefficient (Wildman–Crippen LogP) is 2.97. The summed E-state index contributed by atoms with van der Waals surface area (Å²) in [7, 11) is -3.66. The van der Waals surface area contributed by atoms with Crippen LogP contribution in [0.15, 0.2) is 47.4 Å². The monoisotopic (exact) mass is 388 g/mol. The van der Waals surface area contributed by atoms with E-state index < -0.39 is 10.0 Å². The van der Waals surface area contributed by atoms with Gasteiger partial charge in [-0.25, -0.2) is 8.42 Å². The number of nitrogens with one attached hydrogen (secondary N) is 1. The summed E-state index contributed by atoms with van der Waals surface area (Å²) in [6, 6.07) is 11.8. The number of ether oxygens (including phenoxy) is 1. The number of hydrogen-bond donors (Lipinski definition) is 1. The lowest BCUT2D eigenvalue weighted by Gasteiger charge is -2.30. The van der Waals surface area contributed by atoms with Crippen LogP contribution in [0, 0.1) is 13.8 Å². The summed E-state index contributed by atoms with van der Waals surface area (Å²) >= 11 is 0. The van der Waals surface area contributed by atoms with Crippen LogP contribution in [0.2, 0.25) is 0 Å². The zero-order valence-corrected chi connectivity index (χ0v) is 16.5. The van der Waals surface area contributed by atoms with Crippen LogP contribution in [0.25, 0.3) is 0 Å². The fourth-order valence-corrected chi connectivity index (χ4v) is 4.52. The molecule has 0 aliphatic carbocycles. The van der Waals surface area contributed by atoms with Gasteiger partial charge in [-0.15, -0.1) is 0 Å². The van der Waals surface area contributed by atoms with E-state index in [-0.39, 0.29) is 16.9 Å². The highest BCUT2D eigenvalue weighted by molar-refractivity contribution is 7.89. The first-order chi connectivity index (χ1) is 12.8. The second-order valence-corrected chi connectivity index (χ2v) is 8.76. The summed E-state index contributed by atoms with van der Waals surface area (Å²) in [5, 5.41) is 2.82. The van der Waals surface area contributed by atoms with E-state index in [1.54, 1.807) is 12.1 Å². The van der Waals surface area contributed by atoms with Crippen LogP contribution in [-0.2, 0) is 14.8 Å². The van der Waals surface area contributed by atoms with Crippen molar-refractivity contribution >= 4 is 21.6 Å². The van der Waals surface area contributed by atoms with E-state index in [4.69, 9.17) is 4.74 Å². The van der Waals surface area contributed by atoms with Crippen molar-refractivity contribution in [3.63, 3.8) is 0 Å². The summed E-state index contributed by atoms with van der Waals surface area (Å²) in [5.74, 6) is -0.342. The maximum Gasteiger partial charge on any atom is 0.255 e. The molecular weight excluding hydrogens is 364 g/mol. The van der Waals surface area contributed by atoms with Crippen molar-refractivity contribution in [2.75, 3.05) is 25.0 Å². The Balaban J connectivity index is 1.82. The maximum absolute atomic E-state index is 12.9. The molecule has 0 saturated carbocycles. The third-order valence-electron chi connectivity index (χ3n) is 4.70. The van der Waals surface area contributed by atoms with E-state index >= 15 is 0 Å². The molecule has 1 saturated heterocycles. The number of amides is 1. The SMILES string of the molecule is Cc1ccc(NC(=O)c2cccc(S(=O)(=O)N3CCOC(C)C3)c2)cc1C. The van der Waals surface area contributed by atoms with Gasteiger partial charge in [0.05, 0.1) is 17.6 Å². The van der Waals surface area contributed by atoms with Gasteiger partial charge in [-0.3, -0.25) is 4.79 Å². The number of hydrogen-bond acceptors (Lipinski definition) is 4. The third kappa shape index (κ3) is 4.37. The Hall–Kier alpha value is -2.22. The molecule has 1 amide bonds. The van der Waals surface area contributed by atoms with E-state index in [1.807, 2.05) is 39.0 Å². The lowest BCUT2D eigenvalue weighted by Crippen LogP contribution is -2.44. The number of carbonyl (C=O) groups is 1. The highest BCUT2D eigenvalue weighted by Crippen LogP contribution is 2.21. The first-order valence-corrected chi connectivity index (χ1v) is 10.3. The summed E-state index contributed by atoms with van der Waals surface area (Å²) < 4.78 is 32.6. The zero-order valence-electron chi connectivity index (χ0n) is 15.7. The first kappa shape index (κ1) is 19.5. The Bertz CT molecular complexity index is 956. The van der Waals surface area contributed by atoms with E-state index in [9.17, 15) is 13.2 Å². The quantitative estimate of drug-likeness (QED) is 0.874. The molecule has 0 spiro atoms. The minimum absolute atomic E-state index is 0.115. The lowest BCUT2D eigenvalue weighted by atomic mass is 10.1. The molecule has 27 heavy (non-hydrogen) atoms. The minimum atomic E-state index is -3.66. The number of nitrogens with zero attached hydrogens (tertiary/aromatic N) is 1. The first-order valence-electron chi connectivity index (χ1n) is 8.88. The van der Waals surface area contributed by atoms with Crippen molar-refractivity contribution in [1.82, 2.24) is 4.31 Å². The summed E-state index contributed by atoms with van der Waals surface area (Å²) in [5.41, 5.74) is 3.19. The molecule has 3 rings (SSSR count). The molecule has 2 aromatic carbocycles. The number of carbonyl (C=O) groups excluding carboxylic acids is 1. The Labute approximate surface area is 160 Å². The Kier molecular flexibility index (Phi) is 5.64. The van der Waals surface area contributed by atoms with Crippen molar-refractivity contribution in [3.8, 4) is 0 Å². The van der Waals surface area contributed by atoms with Crippen LogP contribution in [0.4, 0.5) is 5.69 Å². The van der Waals surface area contributed by atoms with Gasteiger partial charge < -0.3 is 10.1 Å². The van der Waals surface area contributed by atoms with Crippen LogP contribution < -0.4 is 5.32 Å². The summed E-state index contributed by atoms with van der Waals surface area (Å²) in [4.78, 5) is 12.7. The smallest absolute Gasteiger partial charge is 0.255 e. The van der Waals surface area contributed by atoms with Gasteiger partial charge in [0.15, 0.2) is 0 Å². The molecule has 1 N–H and O–H groups in total. The summed E-state index contributed by atoms with van der Waals surface area (Å²) in [6.45, 7) is 6.80. The molecule has 1 heterocycles. The molecule has 6 nitrogen and oxygen atoms in total. The molecular formula is C20H24N2O4S. The van der Waals surface area contributed by atoms with E-state index in [2.05, 4.69) is 5.32 Å². The van der Waals surface area contributed by atoms with Gasteiger partial charge in [-0.05, 0) is 62.2 Å². The average molecular weight is 388 g/mol. The van der Waals surface area contributed by atoms with Crippen molar-refractivity contribution in [2.45, 2.75) is 31.8 Å². The van der Waals surface area contributed by atoms with Gasteiger partial charge in [0.1, 0.15) is 0 Å². The van der Waals surface area contributed by atoms with Crippen LogP contribution in [-0.4, -0.2) is 44.4 Å². The molecule has 1 aliphatic rings. The molecule has 0 bridgehead atoms. The van der Waals surface area contributed by atoms with Gasteiger partial charge in [-0.2, -0.15) is 4.31 Å². The number of aryl methyl sites for hydroxylation is 2. The van der Waals surface area contributed by atoms with Crippen molar-refractivity contribution in [2.24, 2.45) is 0 Å². The van der Waals surface area contributed by atoms with Gasteiger partial charge in [-0.1, -0.05) is 12.1 Å². The number of sulfonamides is 1. The number of rotatable bonds is 4. The largest absolute Gasteiger partial charge is 0.376 e. The molecule has 7 heteroatoms. The van der Waals surface area contributed by atoms with Crippen LogP contribution >= 0.6 is 0 Å². The van der Waals surface area contributed by atoms with Crippen molar-refractivity contribution in [1.29, 1.82) is 0 Å². The van der Waals surface area contributed by atoms with E-state index in [1.165, 1.54) is 16.4 Å². The third-order valence-corrected chi connectivity index (χ3v) is 6.56. The highest BCUT2D eigenvalue weighted by Gasteiger charge is 2.29. The van der Waals surface area contributed by atoms with E-state index in [0.29, 0.717) is 30.9 Å². The fourth-order valence-electron chi connectivity index (χ4n) is 2.97. The highest BCUT2D eigenvalue weighted by atomic mass is 32.2. The number of morpholine rings is 1. The molecule has 1 aliphatic heterocycles. The molecule has 144 valence electrons. The second-order valence-electron chi connectivity index (χ2n) is 6.83. The van der Waals surface area contributed by atoms with Gasteiger partial charge in [0.2, 0.25) is 10.0 Å². The van der Waals surface area contributed by atoms with E-state index in [0.717, 1.165) is 11.1 Å². The van der Waals surface area contributed by atoms with Crippen molar-refractivity contribution in [3.05, 3.63) is 59.2 Å². The average Bonchev–Trinajstić information content (AvgIpc) is 2.65. The molecule has 0 radical (unpaired) electrons. The normalized spacial score (nSPS) is 18.3.